The molecule has 108 valence electrons. The van der Waals surface area contributed by atoms with Crippen LogP contribution in [-0.4, -0.2) is 17.4 Å². The van der Waals surface area contributed by atoms with Crippen molar-refractivity contribution in [3.8, 4) is 0 Å². The van der Waals surface area contributed by atoms with E-state index in [9.17, 15) is 4.79 Å². The van der Waals surface area contributed by atoms with Gasteiger partial charge in [-0.25, -0.2) is 0 Å². The third-order valence-electron chi connectivity index (χ3n) is 4.26. The number of amides is 1. The number of hydrogen-bond donors (Lipinski definition) is 1. The Hall–Kier alpha value is -2.29. The highest BCUT2D eigenvalue weighted by Crippen LogP contribution is 2.24. The summed E-state index contributed by atoms with van der Waals surface area (Å²) in [5.41, 5.74) is 11.5. The molecule has 0 atom stereocenters. The van der Waals surface area contributed by atoms with Gasteiger partial charge in [0, 0.05) is 18.8 Å². The van der Waals surface area contributed by atoms with E-state index < -0.39 is 0 Å². The summed E-state index contributed by atoms with van der Waals surface area (Å²) in [7, 11) is 0. The van der Waals surface area contributed by atoms with Crippen molar-refractivity contribution in [3.05, 3.63) is 64.7 Å². The molecule has 3 nitrogen and oxygen atoms in total. The van der Waals surface area contributed by atoms with Crippen molar-refractivity contribution in [3.63, 3.8) is 0 Å². The van der Waals surface area contributed by atoms with E-state index in [0.717, 1.165) is 24.2 Å². The largest absolute Gasteiger partial charge is 0.398 e. The molecule has 0 radical (unpaired) electrons. The molecule has 1 heterocycles. The maximum Gasteiger partial charge on any atom is 0.227 e. The first kappa shape index (κ1) is 13.7. The summed E-state index contributed by atoms with van der Waals surface area (Å²) in [4.78, 5) is 14.4. The highest BCUT2D eigenvalue weighted by atomic mass is 16.2. The second kappa shape index (κ2) is 5.60. The number of benzene rings is 2. The van der Waals surface area contributed by atoms with Crippen LogP contribution < -0.4 is 5.73 Å². The number of nitrogen functional groups attached to an aromatic ring is 1. The molecule has 2 aromatic rings. The van der Waals surface area contributed by atoms with Gasteiger partial charge in [0.1, 0.15) is 0 Å². The Balaban J connectivity index is 1.74. The molecule has 0 saturated carbocycles. The first-order chi connectivity index (χ1) is 10.1. The zero-order chi connectivity index (χ0) is 14.8. The van der Waals surface area contributed by atoms with E-state index in [1.165, 1.54) is 16.7 Å². The highest BCUT2D eigenvalue weighted by Gasteiger charge is 2.22. The molecule has 0 fully saturated rings. The Morgan fingerprint density at radius 1 is 1.19 bits per heavy atom. The van der Waals surface area contributed by atoms with Crippen LogP contribution in [0.4, 0.5) is 5.69 Å². The van der Waals surface area contributed by atoms with Crippen LogP contribution in [-0.2, 0) is 24.2 Å². The van der Waals surface area contributed by atoms with Gasteiger partial charge in [-0.15, -0.1) is 0 Å². The van der Waals surface area contributed by atoms with E-state index in [1.54, 1.807) is 0 Å². The molecule has 0 bridgehead atoms. The minimum atomic E-state index is 0.192. The quantitative estimate of drug-likeness (QED) is 0.860. The number of rotatable bonds is 2. The molecule has 0 spiro atoms. The predicted molar refractivity (Wildman–Crippen MR) is 84.9 cm³/mol. The summed E-state index contributed by atoms with van der Waals surface area (Å²) in [6.45, 7) is 3.48. The normalized spacial score (nSPS) is 13.9. The smallest absolute Gasteiger partial charge is 0.227 e. The van der Waals surface area contributed by atoms with Crippen molar-refractivity contribution in [2.75, 3.05) is 12.3 Å². The van der Waals surface area contributed by atoms with Gasteiger partial charge < -0.3 is 10.6 Å². The summed E-state index contributed by atoms with van der Waals surface area (Å²) in [6.07, 6.45) is 1.33. The standard InChI is InChI=1S/C18H20N2O/c1-13-5-2-3-6-14(13)11-18(21)20-10-9-16-15(12-20)7-4-8-17(16)19/h2-8H,9-12,19H2,1H3. The van der Waals surface area contributed by atoms with Gasteiger partial charge in [0.05, 0.1) is 6.42 Å². The second-order valence-corrected chi connectivity index (χ2v) is 5.65. The van der Waals surface area contributed by atoms with Gasteiger partial charge in [-0.05, 0) is 41.7 Å². The topological polar surface area (TPSA) is 46.3 Å². The van der Waals surface area contributed by atoms with Gasteiger partial charge >= 0.3 is 0 Å². The number of carbonyl (C=O) groups is 1. The lowest BCUT2D eigenvalue weighted by atomic mass is 9.97. The van der Waals surface area contributed by atoms with Crippen LogP contribution >= 0.6 is 0 Å². The molecule has 1 amide bonds. The zero-order valence-electron chi connectivity index (χ0n) is 12.3. The van der Waals surface area contributed by atoms with Crippen LogP contribution in [0.2, 0.25) is 0 Å². The van der Waals surface area contributed by atoms with Crippen molar-refractivity contribution in [2.24, 2.45) is 0 Å². The van der Waals surface area contributed by atoms with Gasteiger partial charge in [0.2, 0.25) is 5.91 Å². The van der Waals surface area contributed by atoms with Gasteiger partial charge in [0.15, 0.2) is 0 Å². The summed E-state index contributed by atoms with van der Waals surface area (Å²) in [6, 6.07) is 14.0. The van der Waals surface area contributed by atoms with E-state index in [2.05, 4.69) is 19.1 Å². The fourth-order valence-electron chi connectivity index (χ4n) is 2.94. The summed E-state index contributed by atoms with van der Waals surface area (Å²) < 4.78 is 0. The van der Waals surface area contributed by atoms with E-state index in [-0.39, 0.29) is 5.91 Å². The number of aryl methyl sites for hydroxylation is 1. The number of fused-ring (bicyclic) bond motifs is 1. The van der Waals surface area contributed by atoms with E-state index in [1.807, 2.05) is 35.2 Å². The van der Waals surface area contributed by atoms with Gasteiger partial charge in [-0.2, -0.15) is 0 Å². The van der Waals surface area contributed by atoms with Crippen LogP contribution in [0.15, 0.2) is 42.5 Å². The molecule has 0 saturated heterocycles. The van der Waals surface area contributed by atoms with E-state index in [4.69, 9.17) is 5.73 Å². The van der Waals surface area contributed by atoms with Crippen molar-refractivity contribution in [2.45, 2.75) is 26.3 Å². The lowest BCUT2D eigenvalue weighted by Crippen LogP contribution is -2.37. The fourth-order valence-corrected chi connectivity index (χ4v) is 2.94. The number of carbonyl (C=O) groups excluding carboxylic acids is 1. The fraction of sp³-hybridized carbons (Fsp3) is 0.278. The summed E-state index contributed by atoms with van der Waals surface area (Å²) >= 11 is 0. The Bertz CT molecular complexity index is 679. The maximum atomic E-state index is 12.5. The summed E-state index contributed by atoms with van der Waals surface area (Å²) in [5.74, 6) is 0.192. The Kier molecular flexibility index (Phi) is 3.65. The SMILES string of the molecule is Cc1ccccc1CC(=O)N1CCc2c(N)cccc2C1. The van der Waals surface area contributed by atoms with Gasteiger partial charge in [-0.3, -0.25) is 4.79 Å². The lowest BCUT2D eigenvalue weighted by molar-refractivity contribution is -0.131. The average Bonchev–Trinajstić information content (AvgIpc) is 2.49. The minimum Gasteiger partial charge on any atom is -0.398 e. The van der Waals surface area contributed by atoms with E-state index in [0.29, 0.717) is 13.0 Å². The molecule has 21 heavy (non-hydrogen) atoms. The Morgan fingerprint density at radius 2 is 2.00 bits per heavy atom. The summed E-state index contributed by atoms with van der Waals surface area (Å²) in [5, 5.41) is 0. The van der Waals surface area contributed by atoms with Crippen molar-refractivity contribution in [1.29, 1.82) is 0 Å². The molecule has 1 aliphatic heterocycles. The molecule has 2 aromatic carbocycles. The maximum absolute atomic E-state index is 12.5. The number of nitrogens with zero attached hydrogens (tertiary/aromatic N) is 1. The molecular formula is C18H20N2O. The van der Waals surface area contributed by atoms with Gasteiger partial charge in [-0.1, -0.05) is 36.4 Å². The average molecular weight is 280 g/mol. The van der Waals surface area contributed by atoms with Gasteiger partial charge in [0.25, 0.3) is 0 Å². The third-order valence-corrected chi connectivity index (χ3v) is 4.26. The molecule has 2 N–H and O–H groups in total. The van der Waals surface area contributed by atoms with Crippen LogP contribution in [0.25, 0.3) is 0 Å². The van der Waals surface area contributed by atoms with Crippen LogP contribution in [0.1, 0.15) is 22.3 Å². The first-order valence-electron chi connectivity index (χ1n) is 7.33. The third kappa shape index (κ3) is 2.77. The van der Waals surface area contributed by atoms with Crippen LogP contribution in [0.3, 0.4) is 0 Å². The molecule has 3 rings (SSSR count). The number of anilines is 1. The zero-order valence-corrected chi connectivity index (χ0v) is 12.3. The van der Waals surface area contributed by atoms with Crippen molar-refractivity contribution >= 4 is 11.6 Å². The lowest BCUT2D eigenvalue weighted by Gasteiger charge is -2.30. The molecule has 3 heteroatoms. The van der Waals surface area contributed by atoms with Crippen LogP contribution in [0.5, 0.6) is 0 Å². The number of nitrogens with two attached hydrogens (primary N) is 1. The highest BCUT2D eigenvalue weighted by molar-refractivity contribution is 5.79. The Morgan fingerprint density at radius 3 is 2.81 bits per heavy atom. The molecule has 1 aliphatic rings. The minimum absolute atomic E-state index is 0.192. The first-order valence-corrected chi connectivity index (χ1v) is 7.33. The molecule has 0 aliphatic carbocycles. The van der Waals surface area contributed by atoms with Crippen molar-refractivity contribution < 1.29 is 4.79 Å². The second-order valence-electron chi connectivity index (χ2n) is 5.65. The molecular weight excluding hydrogens is 260 g/mol. The van der Waals surface area contributed by atoms with Crippen molar-refractivity contribution in [1.82, 2.24) is 4.90 Å². The molecule has 0 aromatic heterocycles. The molecule has 0 unspecified atom stereocenters. The van der Waals surface area contributed by atoms with Crippen LogP contribution in [0, 0.1) is 6.92 Å². The number of hydrogen-bond acceptors (Lipinski definition) is 2. The Labute approximate surface area is 125 Å². The van der Waals surface area contributed by atoms with E-state index >= 15 is 0 Å². The predicted octanol–water partition coefficient (Wildman–Crippen LogP) is 2.70. The monoisotopic (exact) mass is 280 g/mol.